The molecule has 1 heterocycles. The Balaban J connectivity index is 1.96. The molecule has 0 atom stereocenters. The highest BCUT2D eigenvalue weighted by atomic mass is 35.5. The number of amides is 1. The van der Waals surface area contributed by atoms with Crippen molar-refractivity contribution in [3.05, 3.63) is 45.4 Å². The first-order chi connectivity index (χ1) is 11.0. The number of aromatic nitrogens is 1. The number of rotatable bonds is 7. The summed E-state index contributed by atoms with van der Waals surface area (Å²) in [5.41, 5.74) is 0.898. The molecule has 0 aliphatic carbocycles. The maximum absolute atomic E-state index is 12.0. The van der Waals surface area contributed by atoms with E-state index < -0.39 is 0 Å². The quantitative estimate of drug-likeness (QED) is 0.735. The summed E-state index contributed by atoms with van der Waals surface area (Å²) in [6, 6.07) is 7.45. The van der Waals surface area contributed by atoms with Crippen LogP contribution in [0, 0.1) is 0 Å². The number of carbonyl (C=O) groups excluding carboxylic acids is 1. The smallest absolute Gasteiger partial charge is 0.222 e. The number of halogens is 1. The van der Waals surface area contributed by atoms with Crippen LogP contribution in [0.5, 0.6) is 5.75 Å². The summed E-state index contributed by atoms with van der Waals surface area (Å²) >= 11 is 7.47. The lowest BCUT2D eigenvalue weighted by Crippen LogP contribution is -2.35. The van der Waals surface area contributed by atoms with E-state index in [1.807, 2.05) is 43.2 Å². The van der Waals surface area contributed by atoms with E-state index in [4.69, 9.17) is 16.3 Å². The molecule has 6 heteroatoms. The molecule has 1 amide bonds. The summed E-state index contributed by atoms with van der Waals surface area (Å²) in [6.45, 7) is 6.85. The predicted molar refractivity (Wildman–Crippen MR) is 93.9 cm³/mol. The van der Waals surface area contributed by atoms with Crippen molar-refractivity contribution < 1.29 is 9.53 Å². The third-order valence-electron chi connectivity index (χ3n) is 3.34. The first-order valence-electron chi connectivity index (χ1n) is 7.60. The van der Waals surface area contributed by atoms with Crippen LogP contribution in [0.15, 0.2) is 29.6 Å². The van der Waals surface area contributed by atoms with E-state index in [1.54, 1.807) is 12.1 Å². The van der Waals surface area contributed by atoms with Gasteiger partial charge in [0.05, 0.1) is 12.2 Å². The molecular formula is C17H21ClN2O2S. The first-order valence-corrected chi connectivity index (χ1v) is 8.86. The Labute approximate surface area is 146 Å². The van der Waals surface area contributed by atoms with E-state index in [2.05, 4.69) is 4.98 Å². The van der Waals surface area contributed by atoms with Gasteiger partial charge >= 0.3 is 0 Å². The fourth-order valence-electron chi connectivity index (χ4n) is 2.13. The molecule has 0 aliphatic rings. The standard InChI is InChI=1S/C17H21ClN2O2S/c1-4-17(21)20(12(2)3)9-14-11-23-16(19-14)10-22-15-7-5-6-13(18)8-15/h5-8,11-12H,4,9-10H2,1-3H3. The Hall–Kier alpha value is -1.59. The molecule has 4 nitrogen and oxygen atoms in total. The highest BCUT2D eigenvalue weighted by Gasteiger charge is 2.17. The average molecular weight is 353 g/mol. The lowest BCUT2D eigenvalue weighted by molar-refractivity contribution is -0.133. The van der Waals surface area contributed by atoms with Crippen molar-refractivity contribution in [1.82, 2.24) is 9.88 Å². The van der Waals surface area contributed by atoms with E-state index in [9.17, 15) is 4.79 Å². The zero-order valence-electron chi connectivity index (χ0n) is 13.6. The number of nitrogens with zero attached hydrogens (tertiary/aromatic N) is 2. The second-order valence-electron chi connectivity index (χ2n) is 5.45. The maximum Gasteiger partial charge on any atom is 0.222 e. The van der Waals surface area contributed by atoms with Gasteiger partial charge in [0.15, 0.2) is 0 Å². The average Bonchev–Trinajstić information content (AvgIpc) is 2.97. The van der Waals surface area contributed by atoms with E-state index in [0.717, 1.165) is 16.5 Å². The zero-order chi connectivity index (χ0) is 16.8. The number of ether oxygens (including phenoxy) is 1. The highest BCUT2D eigenvalue weighted by molar-refractivity contribution is 7.09. The molecule has 0 N–H and O–H groups in total. The zero-order valence-corrected chi connectivity index (χ0v) is 15.2. The summed E-state index contributed by atoms with van der Waals surface area (Å²) in [4.78, 5) is 18.4. The Morgan fingerprint density at radius 3 is 2.87 bits per heavy atom. The monoisotopic (exact) mass is 352 g/mol. The van der Waals surface area contributed by atoms with E-state index >= 15 is 0 Å². The van der Waals surface area contributed by atoms with Crippen LogP contribution in [0.4, 0.5) is 0 Å². The Morgan fingerprint density at radius 1 is 1.43 bits per heavy atom. The number of thiazole rings is 1. The lowest BCUT2D eigenvalue weighted by atomic mass is 10.2. The molecule has 23 heavy (non-hydrogen) atoms. The lowest BCUT2D eigenvalue weighted by Gasteiger charge is -2.25. The predicted octanol–water partition coefficient (Wildman–Crippen LogP) is 4.52. The van der Waals surface area contributed by atoms with E-state index in [1.165, 1.54) is 11.3 Å². The van der Waals surface area contributed by atoms with Gasteiger partial charge < -0.3 is 9.64 Å². The summed E-state index contributed by atoms with van der Waals surface area (Å²) < 4.78 is 5.69. The molecule has 0 fully saturated rings. The number of hydrogen-bond acceptors (Lipinski definition) is 4. The number of carbonyl (C=O) groups is 1. The summed E-state index contributed by atoms with van der Waals surface area (Å²) in [5.74, 6) is 0.865. The van der Waals surface area contributed by atoms with Crippen LogP contribution in [0.1, 0.15) is 37.9 Å². The molecule has 0 unspecified atom stereocenters. The largest absolute Gasteiger partial charge is 0.486 e. The van der Waals surface area contributed by atoms with Gasteiger partial charge in [0.25, 0.3) is 0 Å². The number of benzene rings is 1. The maximum atomic E-state index is 12.0. The van der Waals surface area contributed by atoms with Crippen molar-refractivity contribution in [3.8, 4) is 5.75 Å². The highest BCUT2D eigenvalue weighted by Crippen LogP contribution is 2.20. The third kappa shape index (κ3) is 5.22. The van der Waals surface area contributed by atoms with Crippen LogP contribution >= 0.6 is 22.9 Å². The number of hydrogen-bond donors (Lipinski definition) is 0. The van der Waals surface area contributed by atoms with Crippen LogP contribution < -0.4 is 4.74 Å². The van der Waals surface area contributed by atoms with Crippen molar-refractivity contribution in [2.75, 3.05) is 0 Å². The van der Waals surface area contributed by atoms with Gasteiger partial charge in [0.2, 0.25) is 5.91 Å². The van der Waals surface area contributed by atoms with E-state index in [0.29, 0.717) is 24.6 Å². The van der Waals surface area contributed by atoms with E-state index in [-0.39, 0.29) is 11.9 Å². The van der Waals surface area contributed by atoms with Crippen LogP contribution in [0.2, 0.25) is 5.02 Å². The summed E-state index contributed by atoms with van der Waals surface area (Å²) in [7, 11) is 0. The van der Waals surface area contributed by atoms with Gasteiger partial charge in [-0.3, -0.25) is 4.79 Å². The molecule has 0 saturated carbocycles. The van der Waals surface area contributed by atoms with Crippen LogP contribution in [0.3, 0.4) is 0 Å². The molecule has 2 rings (SSSR count). The molecule has 0 bridgehead atoms. The molecule has 0 radical (unpaired) electrons. The second-order valence-corrected chi connectivity index (χ2v) is 6.83. The second kappa shape index (κ2) is 8.31. The minimum atomic E-state index is 0.143. The molecule has 1 aromatic carbocycles. The molecular weight excluding hydrogens is 332 g/mol. The molecule has 0 spiro atoms. The van der Waals surface area contributed by atoms with Crippen molar-refractivity contribution in [2.24, 2.45) is 0 Å². The van der Waals surface area contributed by atoms with Gasteiger partial charge in [-0.1, -0.05) is 24.6 Å². The van der Waals surface area contributed by atoms with Crippen molar-refractivity contribution in [3.63, 3.8) is 0 Å². The van der Waals surface area contributed by atoms with Crippen LogP contribution in [0.25, 0.3) is 0 Å². The summed E-state index contributed by atoms with van der Waals surface area (Å²) in [6.07, 6.45) is 0.507. The van der Waals surface area contributed by atoms with Gasteiger partial charge in [0, 0.05) is 22.9 Å². The van der Waals surface area contributed by atoms with Crippen molar-refractivity contribution in [1.29, 1.82) is 0 Å². The van der Waals surface area contributed by atoms with Gasteiger partial charge in [0.1, 0.15) is 17.4 Å². The fourth-order valence-corrected chi connectivity index (χ4v) is 3.00. The Morgan fingerprint density at radius 2 is 2.22 bits per heavy atom. The molecule has 1 aromatic heterocycles. The van der Waals surface area contributed by atoms with Crippen LogP contribution in [-0.2, 0) is 17.9 Å². The SMILES string of the molecule is CCC(=O)N(Cc1csc(COc2cccc(Cl)c2)n1)C(C)C. The molecule has 0 aliphatic heterocycles. The Bertz CT molecular complexity index is 658. The van der Waals surface area contributed by atoms with Crippen LogP contribution in [-0.4, -0.2) is 21.8 Å². The minimum Gasteiger partial charge on any atom is -0.486 e. The van der Waals surface area contributed by atoms with Gasteiger partial charge in [-0.15, -0.1) is 11.3 Å². The van der Waals surface area contributed by atoms with Gasteiger partial charge in [-0.05, 0) is 32.0 Å². The summed E-state index contributed by atoms with van der Waals surface area (Å²) in [5, 5.41) is 3.51. The Kier molecular flexibility index (Phi) is 6.42. The fraction of sp³-hybridized carbons (Fsp3) is 0.412. The molecule has 124 valence electrons. The normalized spacial score (nSPS) is 10.8. The van der Waals surface area contributed by atoms with Gasteiger partial charge in [-0.25, -0.2) is 4.98 Å². The molecule has 0 saturated heterocycles. The topological polar surface area (TPSA) is 42.4 Å². The molecule has 2 aromatic rings. The van der Waals surface area contributed by atoms with Crippen molar-refractivity contribution in [2.45, 2.75) is 46.4 Å². The minimum absolute atomic E-state index is 0.143. The third-order valence-corrected chi connectivity index (χ3v) is 4.44. The van der Waals surface area contributed by atoms with Crippen molar-refractivity contribution >= 4 is 28.8 Å². The first kappa shape index (κ1) is 17.8. The van der Waals surface area contributed by atoms with Gasteiger partial charge in [-0.2, -0.15) is 0 Å².